The first-order valence-electron chi connectivity index (χ1n) is 36.3. The molecule has 1 aromatic heterocycles. The van der Waals surface area contributed by atoms with E-state index in [1.807, 2.05) is 37.3 Å². The van der Waals surface area contributed by atoms with Crippen LogP contribution in [-0.2, 0) is 27.0 Å². The highest BCUT2D eigenvalue weighted by Gasteiger charge is 2.52. The zero-order valence-electron chi connectivity index (χ0n) is 58.2. The third kappa shape index (κ3) is 10.3. The second kappa shape index (κ2) is 25.1. The second-order valence-corrected chi connectivity index (χ2v) is 29.0. The molecule has 0 radical (unpaired) electrons. The monoisotopic (exact) mass is 1310 g/mol. The van der Waals surface area contributed by atoms with Crippen molar-refractivity contribution in [2.45, 2.75) is 70.8 Å². The summed E-state index contributed by atoms with van der Waals surface area (Å²) in [6.45, 7) is 11.6. The number of rotatable bonds is 16. The fourth-order valence-corrected chi connectivity index (χ4v) is 17.5. The van der Waals surface area contributed by atoms with E-state index < -0.39 is 5.41 Å². The minimum Gasteiger partial charge on any atom is -0.461 e. The molecule has 4 heteroatoms. The summed E-state index contributed by atoms with van der Waals surface area (Å²) in [5, 5.41) is 2.44. The molecule has 4 atom stereocenters. The van der Waals surface area contributed by atoms with Crippen LogP contribution in [0.2, 0.25) is 0 Å². The van der Waals surface area contributed by atoms with E-state index in [0.717, 1.165) is 52.3 Å². The zero-order valence-corrected chi connectivity index (χ0v) is 58.2. The largest absolute Gasteiger partial charge is 0.461 e. The van der Waals surface area contributed by atoms with E-state index in [9.17, 15) is 4.79 Å². The Morgan fingerprint density at radius 3 is 1.43 bits per heavy atom. The summed E-state index contributed by atoms with van der Waals surface area (Å²) < 4.78 is 8.28. The molecule has 0 saturated heterocycles. The minimum absolute atomic E-state index is 0.128. The van der Waals surface area contributed by atoms with Crippen molar-refractivity contribution >= 4 is 44.8 Å². The Bertz CT molecular complexity index is 5720. The van der Waals surface area contributed by atoms with Crippen LogP contribution in [0.1, 0.15) is 97.9 Å². The molecule has 3 aliphatic carbocycles. The van der Waals surface area contributed by atoms with Crippen molar-refractivity contribution in [1.82, 2.24) is 4.57 Å². The number of aromatic nitrogens is 1. The lowest BCUT2D eigenvalue weighted by Crippen LogP contribution is -2.26. The average molecular weight is 1320 g/mol. The minimum atomic E-state index is -0.546. The summed E-state index contributed by atoms with van der Waals surface area (Å²) in [6.07, 6.45) is 1.75. The van der Waals surface area contributed by atoms with Gasteiger partial charge in [0.25, 0.3) is 0 Å². The molecule has 0 aliphatic heterocycles. The first kappa shape index (κ1) is 62.4. The number of esters is 1. The van der Waals surface area contributed by atoms with Gasteiger partial charge in [-0.1, -0.05) is 290 Å². The Morgan fingerprint density at radius 1 is 0.382 bits per heavy atom. The van der Waals surface area contributed by atoms with Crippen molar-refractivity contribution in [3.63, 3.8) is 0 Å². The molecule has 492 valence electrons. The quantitative estimate of drug-likeness (QED) is 0.0904. The maximum Gasteiger partial charge on any atom is 0.309 e. The molecule has 14 aromatic carbocycles. The fourth-order valence-electron chi connectivity index (χ4n) is 17.5. The van der Waals surface area contributed by atoms with Gasteiger partial charge in [0.05, 0.1) is 22.4 Å². The van der Waals surface area contributed by atoms with Crippen molar-refractivity contribution in [3.05, 3.63) is 372 Å². The summed E-state index contributed by atoms with van der Waals surface area (Å²) >= 11 is 0. The maximum atomic E-state index is 13.4. The standard InChI is InChI=1S/C98H78N2O2/c1-6-63(2)86(57-64(3)96(101)102-62-65-21-9-7-10-22-65)71-35-33-70(34-36-71)73-43-53-83-80-26-14-18-30-89(80)98(92(83)59-73)90-31-19-15-27-81(90)84-54-44-74(60-93(84)98)72-45-56-95-87(58-72)85-28-16-20-32-94(85)100(95)77-50-41-69(42-51-77)68-39-48-76(49-40-68)99(75-46-37-67(38-47-75)66-23-11-8-12-24-66)78-52-55-82-79-25-13-17-29-88(79)97(4,5)91(82)61-78/h7-56,58-61,63-64,86H,6,57,62H2,1-5H3. The van der Waals surface area contributed by atoms with Gasteiger partial charge < -0.3 is 14.2 Å². The SMILES string of the molecule is CCC(C)C(CC(C)C(=O)OCc1ccccc1)c1ccc(-c2ccc3c(c2)C2(c4ccccc4-3)c3ccccc3-c3ccc(-c4ccc5c(c4)c4ccccc4n5-c4ccc(-c5ccc(N(c6ccc(-c7ccccc7)cc6)c6ccc7c(c6)C(C)(C)c6ccccc6-7)cc5)cc4)cc32)cc1. The van der Waals surface area contributed by atoms with Crippen LogP contribution in [0.15, 0.2) is 328 Å². The van der Waals surface area contributed by atoms with Gasteiger partial charge in [-0.15, -0.1) is 0 Å². The highest BCUT2D eigenvalue weighted by molar-refractivity contribution is 6.11. The summed E-state index contributed by atoms with van der Waals surface area (Å²) in [4.78, 5) is 15.8. The molecule has 3 aliphatic rings. The summed E-state index contributed by atoms with van der Waals surface area (Å²) in [5.74, 6) is 0.222. The Labute approximate surface area is 598 Å². The van der Waals surface area contributed by atoms with Crippen molar-refractivity contribution in [2.24, 2.45) is 11.8 Å². The van der Waals surface area contributed by atoms with Crippen LogP contribution in [0.3, 0.4) is 0 Å². The van der Waals surface area contributed by atoms with Crippen molar-refractivity contribution in [3.8, 4) is 83.6 Å². The average Bonchev–Trinajstić information content (AvgIpc) is 1.51. The van der Waals surface area contributed by atoms with E-state index in [2.05, 4.69) is 334 Å². The normalized spacial score (nSPS) is 15.1. The van der Waals surface area contributed by atoms with Crippen LogP contribution >= 0.6 is 0 Å². The van der Waals surface area contributed by atoms with Gasteiger partial charge >= 0.3 is 5.97 Å². The molecule has 1 spiro atoms. The number of ether oxygens (including phenoxy) is 1. The Kier molecular flexibility index (Phi) is 15.4. The molecule has 102 heavy (non-hydrogen) atoms. The molecule has 0 fully saturated rings. The third-order valence-electron chi connectivity index (χ3n) is 23.0. The van der Waals surface area contributed by atoms with Crippen LogP contribution in [0.25, 0.3) is 105 Å². The predicted molar refractivity (Wildman–Crippen MR) is 423 cm³/mol. The van der Waals surface area contributed by atoms with E-state index >= 15 is 0 Å². The number of carbonyl (C=O) groups excluding carboxylic acids is 1. The fraction of sp³-hybridized carbons (Fsp3) is 0.133. The van der Waals surface area contributed by atoms with Crippen LogP contribution in [0.4, 0.5) is 17.1 Å². The van der Waals surface area contributed by atoms with Crippen LogP contribution in [0.5, 0.6) is 0 Å². The molecule has 0 saturated carbocycles. The zero-order chi connectivity index (χ0) is 68.8. The van der Waals surface area contributed by atoms with E-state index in [0.29, 0.717) is 12.5 Å². The number of benzene rings is 14. The first-order valence-corrected chi connectivity index (χ1v) is 36.3. The maximum absolute atomic E-state index is 13.4. The van der Waals surface area contributed by atoms with Crippen molar-refractivity contribution in [2.75, 3.05) is 4.90 Å². The van der Waals surface area contributed by atoms with Crippen molar-refractivity contribution in [1.29, 1.82) is 0 Å². The highest BCUT2D eigenvalue weighted by Crippen LogP contribution is 2.64. The summed E-state index contributed by atoms with van der Waals surface area (Å²) in [7, 11) is 0. The number of para-hydroxylation sites is 1. The first-order chi connectivity index (χ1) is 50.0. The Morgan fingerprint density at radius 2 is 0.814 bits per heavy atom. The van der Waals surface area contributed by atoms with Gasteiger partial charge in [-0.05, 0) is 220 Å². The predicted octanol–water partition coefficient (Wildman–Crippen LogP) is 25.5. The third-order valence-corrected chi connectivity index (χ3v) is 23.0. The topological polar surface area (TPSA) is 34.5 Å². The van der Waals surface area contributed by atoms with Gasteiger partial charge in [-0.2, -0.15) is 0 Å². The molecule has 4 nitrogen and oxygen atoms in total. The van der Waals surface area contributed by atoms with Gasteiger partial charge in [-0.3, -0.25) is 4.79 Å². The summed E-state index contributed by atoms with van der Waals surface area (Å²) in [5.41, 5.74) is 33.6. The molecule has 15 aromatic rings. The smallest absolute Gasteiger partial charge is 0.309 e. The molecule has 0 bridgehead atoms. The Hall–Kier alpha value is -11.9. The van der Waals surface area contributed by atoms with Crippen LogP contribution in [-0.4, -0.2) is 10.5 Å². The number of nitrogens with zero attached hydrogens (tertiary/aromatic N) is 2. The van der Waals surface area contributed by atoms with Gasteiger partial charge in [0.1, 0.15) is 6.61 Å². The lowest BCUT2D eigenvalue weighted by atomic mass is 9.70. The lowest BCUT2D eigenvalue weighted by molar-refractivity contribution is -0.149. The van der Waals surface area contributed by atoms with Gasteiger partial charge in [0, 0.05) is 38.9 Å². The molecule has 0 amide bonds. The molecule has 1 heterocycles. The van der Waals surface area contributed by atoms with E-state index in [1.165, 1.54) is 128 Å². The number of fused-ring (bicyclic) bond motifs is 16. The Balaban J connectivity index is 0.659. The molecular weight excluding hydrogens is 1240 g/mol. The van der Waals surface area contributed by atoms with Crippen LogP contribution < -0.4 is 4.90 Å². The molecule has 0 N–H and O–H groups in total. The molecular formula is C98H78N2O2. The van der Waals surface area contributed by atoms with Gasteiger partial charge in [0.15, 0.2) is 0 Å². The summed E-state index contributed by atoms with van der Waals surface area (Å²) in [6, 6.07) is 121. The molecule has 18 rings (SSSR count). The van der Waals surface area contributed by atoms with E-state index in [-0.39, 0.29) is 23.2 Å². The van der Waals surface area contributed by atoms with Gasteiger partial charge in [-0.25, -0.2) is 0 Å². The van der Waals surface area contributed by atoms with Gasteiger partial charge in [0.2, 0.25) is 0 Å². The van der Waals surface area contributed by atoms with E-state index in [4.69, 9.17) is 4.74 Å². The molecule has 4 unspecified atom stereocenters. The van der Waals surface area contributed by atoms with Crippen LogP contribution in [0, 0.1) is 11.8 Å². The number of carbonyl (C=O) groups is 1. The second-order valence-electron chi connectivity index (χ2n) is 29.0. The lowest BCUT2D eigenvalue weighted by Gasteiger charge is -2.31. The number of hydrogen-bond acceptors (Lipinski definition) is 3. The van der Waals surface area contributed by atoms with E-state index in [1.54, 1.807) is 0 Å². The number of anilines is 3. The highest BCUT2D eigenvalue weighted by atomic mass is 16.5. The van der Waals surface area contributed by atoms with Crippen molar-refractivity contribution < 1.29 is 9.53 Å². The number of hydrogen-bond donors (Lipinski definition) is 0.